The molecule has 1 saturated heterocycles. The molecule has 1 atom stereocenters. The van der Waals surface area contributed by atoms with Gasteiger partial charge in [-0.25, -0.2) is 0 Å². The first-order valence-electron chi connectivity index (χ1n) is 8.30. The Bertz CT molecular complexity index is 513. The Hall–Kier alpha value is -1.55. The number of guanidine groups is 1. The van der Waals surface area contributed by atoms with Crippen LogP contribution in [0.4, 0.5) is 0 Å². The van der Waals surface area contributed by atoms with E-state index in [4.69, 9.17) is 4.74 Å². The van der Waals surface area contributed by atoms with E-state index in [1.54, 1.807) is 0 Å². The van der Waals surface area contributed by atoms with Gasteiger partial charge >= 0.3 is 0 Å². The molecule has 4 nitrogen and oxygen atoms in total. The minimum atomic E-state index is 0.124. The third kappa shape index (κ3) is 4.23. The molecule has 0 aromatic heterocycles. The number of unbranched alkanes of at least 4 members (excludes halogenated alkanes) is 1. The smallest absolute Gasteiger partial charge is 0.193 e. The molecule has 1 heterocycles. The van der Waals surface area contributed by atoms with Gasteiger partial charge < -0.3 is 15.0 Å². The Balaban J connectivity index is 2.04. The maximum absolute atomic E-state index is 6.01. The van der Waals surface area contributed by atoms with Crippen LogP contribution in [-0.2, 0) is 4.74 Å². The Labute approximate surface area is 134 Å². The minimum absolute atomic E-state index is 0.124. The lowest BCUT2D eigenvalue weighted by molar-refractivity contribution is -0.00831. The number of aryl methyl sites for hydroxylation is 2. The predicted octanol–water partition coefficient (Wildman–Crippen LogP) is 3.05. The number of nitrogens with one attached hydrogen (secondary N) is 1. The summed E-state index contributed by atoms with van der Waals surface area (Å²) < 4.78 is 6.01. The lowest BCUT2D eigenvalue weighted by Crippen LogP contribution is -2.48. The molecule has 1 aliphatic heterocycles. The van der Waals surface area contributed by atoms with Crippen molar-refractivity contribution in [1.82, 2.24) is 10.2 Å². The molecule has 1 N–H and O–H groups in total. The first-order chi connectivity index (χ1) is 10.7. The Morgan fingerprint density at radius 2 is 2.23 bits per heavy atom. The van der Waals surface area contributed by atoms with E-state index >= 15 is 0 Å². The largest absolute Gasteiger partial charge is 0.370 e. The normalized spacial score (nSPS) is 19.4. The Morgan fingerprint density at radius 1 is 1.41 bits per heavy atom. The van der Waals surface area contributed by atoms with Gasteiger partial charge in [-0.05, 0) is 31.4 Å². The van der Waals surface area contributed by atoms with Crippen molar-refractivity contribution in [3.63, 3.8) is 0 Å². The lowest BCUT2D eigenvalue weighted by Gasteiger charge is -2.35. The fourth-order valence-electron chi connectivity index (χ4n) is 2.93. The summed E-state index contributed by atoms with van der Waals surface area (Å²) in [6.07, 6.45) is 2.49. The minimum Gasteiger partial charge on any atom is -0.370 e. The zero-order valence-corrected chi connectivity index (χ0v) is 14.4. The van der Waals surface area contributed by atoms with Crippen LogP contribution in [0.3, 0.4) is 0 Å². The highest BCUT2D eigenvalue weighted by atomic mass is 16.5. The summed E-state index contributed by atoms with van der Waals surface area (Å²) in [7, 11) is 1.86. The van der Waals surface area contributed by atoms with Crippen LogP contribution in [0, 0.1) is 13.8 Å². The van der Waals surface area contributed by atoms with Crippen LogP contribution < -0.4 is 5.32 Å². The summed E-state index contributed by atoms with van der Waals surface area (Å²) in [5, 5.41) is 3.46. The van der Waals surface area contributed by atoms with Crippen LogP contribution in [0.15, 0.2) is 23.2 Å². The second kappa shape index (κ2) is 8.18. The number of hydrogen-bond donors (Lipinski definition) is 1. The molecule has 122 valence electrons. The van der Waals surface area contributed by atoms with Crippen LogP contribution in [0.25, 0.3) is 0 Å². The van der Waals surface area contributed by atoms with Gasteiger partial charge in [0.1, 0.15) is 6.10 Å². The van der Waals surface area contributed by atoms with Gasteiger partial charge in [0.05, 0.1) is 13.2 Å². The monoisotopic (exact) mass is 303 g/mol. The highest BCUT2D eigenvalue weighted by Crippen LogP contribution is 2.25. The van der Waals surface area contributed by atoms with Crippen molar-refractivity contribution >= 4 is 5.96 Å². The molecule has 1 aliphatic rings. The van der Waals surface area contributed by atoms with Crippen LogP contribution in [0.2, 0.25) is 0 Å². The van der Waals surface area contributed by atoms with E-state index in [2.05, 4.69) is 54.2 Å². The second-order valence-electron chi connectivity index (χ2n) is 5.99. The standard InChI is InChI=1S/C18H29N3O/c1-5-6-9-20-18(19-4)21-10-11-22-17(13-21)16-8-7-14(2)12-15(16)3/h7-8,12,17H,5-6,9-11,13H2,1-4H3,(H,19,20). The molecule has 0 aliphatic carbocycles. The van der Waals surface area contributed by atoms with E-state index in [1.165, 1.54) is 29.5 Å². The maximum Gasteiger partial charge on any atom is 0.193 e. The molecule has 1 fully saturated rings. The predicted molar refractivity (Wildman–Crippen MR) is 92.5 cm³/mol. The summed E-state index contributed by atoms with van der Waals surface area (Å²) >= 11 is 0. The van der Waals surface area contributed by atoms with Crippen molar-refractivity contribution in [3.8, 4) is 0 Å². The molecule has 22 heavy (non-hydrogen) atoms. The van der Waals surface area contributed by atoms with Crippen molar-refractivity contribution in [2.75, 3.05) is 33.3 Å². The summed E-state index contributed by atoms with van der Waals surface area (Å²) in [5.74, 6) is 0.992. The first-order valence-corrected chi connectivity index (χ1v) is 8.30. The van der Waals surface area contributed by atoms with Crippen molar-refractivity contribution in [1.29, 1.82) is 0 Å². The van der Waals surface area contributed by atoms with E-state index in [0.717, 1.165) is 32.2 Å². The van der Waals surface area contributed by atoms with Gasteiger partial charge in [-0.2, -0.15) is 0 Å². The Morgan fingerprint density at radius 3 is 2.91 bits per heavy atom. The van der Waals surface area contributed by atoms with Crippen molar-refractivity contribution in [2.24, 2.45) is 4.99 Å². The molecule has 0 bridgehead atoms. The summed E-state index contributed by atoms with van der Waals surface area (Å²) in [4.78, 5) is 6.73. The van der Waals surface area contributed by atoms with Crippen LogP contribution >= 0.6 is 0 Å². The average Bonchev–Trinajstić information content (AvgIpc) is 2.52. The highest BCUT2D eigenvalue weighted by molar-refractivity contribution is 5.80. The lowest BCUT2D eigenvalue weighted by atomic mass is 10.00. The van der Waals surface area contributed by atoms with Gasteiger partial charge in [-0.15, -0.1) is 0 Å². The number of morpholine rings is 1. The number of hydrogen-bond acceptors (Lipinski definition) is 2. The SMILES string of the molecule is CCCCNC(=NC)N1CCOC(c2ccc(C)cc2C)C1. The van der Waals surface area contributed by atoms with Crippen molar-refractivity contribution in [2.45, 2.75) is 39.7 Å². The second-order valence-corrected chi connectivity index (χ2v) is 5.99. The highest BCUT2D eigenvalue weighted by Gasteiger charge is 2.25. The molecule has 0 radical (unpaired) electrons. The molecular weight excluding hydrogens is 274 g/mol. The molecular formula is C18H29N3O. The van der Waals surface area contributed by atoms with Gasteiger partial charge in [0, 0.05) is 20.1 Å². The fourth-order valence-corrected chi connectivity index (χ4v) is 2.93. The molecule has 4 heteroatoms. The summed E-state index contributed by atoms with van der Waals surface area (Å²) in [6.45, 7) is 9.97. The van der Waals surface area contributed by atoms with Crippen LogP contribution in [-0.4, -0.2) is 44.1 Å². The molecule has 1 unspecified atom stereocenters. The number of benzene rings is 1. The third-order valence-corrected chi connectivity index (χ3v) is 4.16. The summed E-state index contributed by atoms with van der Waals surface area (Å²) in [6, 6.07) is 6.59. The number of nitrogens with zero attached hydrogens (tertiary/aromatic N) is 2. The van der Waals surface area contributed by atoms with E-state index < -0.39 is 0 Å². The molecule has 1 aromatic carbocycles. The fraction of sp³-hybridized carbons (Fsp3) is 0.611. The zero-order chi connectivity index (χ0) is 15.9. The topological polar surface area (TPSA) is 36.9 Å². The van der Waals surface area contributed by atoms with Crippen LogP contribution in [0.1, 0.15) is 42.6 Å². The number of aliphatic imine (C=N–C) groups is 1. The maximum atomic E-state index is 6.01. The van der Waals surface area contributed by atoms with Gasteiger partial charge in [0.2, 0.25) is 0 Å². The van der Waals surface area contributed by atoms with Gasteiger partial charge in [-0.1, -0.05) is 37.1 Å². The molecule has 0 saturated carbocycles. The summed E-state index contributed by atoms with van der Waals surface area (Å²) in [5.41, 5.74) is 3.89. The quantitative estimate of drug-likeness (QED) is 0.528. The van der Waals surface area contributed by atoms with E-state index in [0.29, 0.717) is 0 Å². The van der Waals surface area contributed by atoms with E-state index in [-0.39, 0.29) is 6.10 Å². The Kier molecular flexibility index (Phi) is 6.25. The van der Waals surface area contributed by atoms with Gasteiger partial charge in [0.25, 0.3) is 0 Å². The van der Waals surface area contributed by atoms with E-state index in [1.807, 2.05) is 7.05 Å². The molecule has 0 spiro atoms. The zero-order valence-electron chi connectivity index (χ0n) is 14.4. The van der Waals surface area contributed by atoms with E-state index in [9.17, 15) is 0 Å². The number of rotatable bonds is 4. The first kappa shape index (κ1) is 16.8. The number of ether oxygens (including phenoxy) is 1. The van der Waals surface area contributed by atoms with Crippen molar-refractivity contribution < 1.29 is 4.74 Å². The molecule has 0 amide bonds. The van der Waals surface area contributed by atoms with Gasteiger partial charge in [-0.3, -0.25) is 4.99 Å². The van der Waals surface area contributed by atoms with Crippen LogP contribution in [0.5, 0.6) is 0 Å². The third-order valence-electron chi connectivity index (χ3n) is 4.16. The average molecular weight is 303 g/mol. The molecule has 1 aromatic rings. The van der Waals surface area contributed by atoms with Crippen molar-refractivity contribution in [3.05, 3.63) is 34.9 Å². The molecule has 2 rings (SSSR count). The van der Waals surface area contributed by atoms with Gasteiger partial charge in [0.15, 0.2) is 5.96 Å².